The quantitative estimate of drug-likeness (QED) is 0.477. The number of rotatable bonds is 2. The first-order valence-corrected chi connectivity index (χ1v) is 4.01. The van der Waals surface area contributed by atoms with E-state index in [1.807, 2.05) is 13.8 Å². The molecular weight excluding hydrogens is 140 g/mol. The Bertz CT molecular complexity index is 150. The highest BCUT2D eigenvalue weighted by molar-refractivity contribution is 5.81. The van der Waals surface area contributed by atoms with Crippen LogP contribution in [0.1, 0.15) is 13.8 Å². The van der Waals surface area contributed by atoms with Gasteiger partial charge in [0.15, 0.2) is 0 Å². The number of hydrogen-bond donors (Lipinski definition) is 1. The van der Waals surface area contributed by atoms with Crippen LogP contribution in [0.25, 0.3) is 0 Å². The Morgan fingerprint density at radius 1 is 1.55 bits per heavy atom. The minimum Gasteiger partial charge on any atom is -0.378 e. The topological polar surface area (TPSA) is 36.3 Å². The van der Waals surface area contributed by atoms with Crippen molar-refractivity contribution in [3.63, 3.8) is 0 Å². The van der Waals surface area contributed by atoms with Gasteiger partial charge in [-0.3, -0.25) is 5.41 Å². The van der Waals surface area contributed by atoms with Gasteiger partial charge < -0.3 is 9.64 Å². The van der Waals surface area contributed by atoms with E-state index >= 15 is 0 Å². The van der Waals surface area contributed by atoms with Gasteiger partial charge in [0.05, 0.1) is 11.9 Å². The second-order valence-electron chi connectivity index (χ2n) is 3.30. The van der Waals surface area contributed by atoms with Crippen LogP contribution >= 0.6 is 0 Å². The van der Waals surface area contributed by atoms with Crippen molar-refractivity contribution in [2.75, 3.05) is 20.2 Å². The lowest BCUT2D eigenvalue weighted by Crippen LogP contribution is -2.55. The maximum atomic E-state index is 7.64. The van der Waals surface area contributed by atoms with Crippen molar-refractivity contribution in [1.29, 1.82) is 5.41 Å². The Morgan fingerprint density at radius 3 is 2.45 bits per heavy atom. The standard InChI is InChI=1S/C8H16N2O/c1-6(2)8(9)10-4-7(5-10)11-3/h6-7,9H,4-5H2,1-3H3. The molecule has 0 aliphatic carbocycles. The smallest absolute Gasteiger partial charge is 0.0985 e. The molecule has 0 saturated carbocycles. The van der Waals surface area contributed by atoms with Crippen molar-refractivity contribution >= 4 is 5.84 Å². The molecule has 1 rings (SSSR count). The lowest BCUT2D eigenvalue weighted by atomic mass is 10.1. The zero-order valence-electron chi connectivity index (χ0n) is 7.42. The second kappa shape index (κ2) is 3.22. The predicted octanol–water partition coefficient (Wildman–Crippen LogP) is 0.950. The first-order valence-electron chi connectivity index (χ1n) is 4.01. The van der Waals surface area contributed by atoms with Crippen LogP contribution in [0, 0.1) is 11.3 Å². The molecule has 1 N–H and O–H groups in total. The lowest BCUT2D eigenvalue weighted by Gasteiger charge is -2.41. The van der Waals surface area contributed by atoms with Crippen LogP contribution in [0.2, 0.25) is 0 Å². The van der Waals surface area contributed by atoms with Crippen LogP contribution in [0.4, 0.5) is 0 Å². The third-order valence-corrected chi connectivity index (χ3v) is 2.07. The van der Waals surface area contributed by atoms with E-state index in [9.17, 15) is 0 Å². The Hall–Kier alpha value is -0.570. The van der Waals surface area contributed by atoms with E-state index in [1.54, 1.807) is 7.11 Å². The van der Waals surface area contributed by atoms with E-state index in [-0.39, 0.29) is 0 Å². The van der Waals surface area contributed by atoms with Gasteiger partial charge >= 0.3 is 0 Å². The van der Waals surface area contributed by atoms with Crippen LogP contribution in [0.15, 0.2) is 0 Å². The average Bonchev–Trinajstić information content (AvgIpc) is 1.85. The molecule has 1 fully saturated rings. The largest absolute Gasteiger partial charge is 0.378 e. The minimum absolute atomic E-state index is 0.341. The normalized spacial score (nSPS) is 18.7. The van der Waals surface area contributed by atoms with Gasteiger partial charge in [-0.1, -0.05) is 13.8 Å². The first-order chi connectivity index (χ1) is 5.15. The first kappa shape index (κ1) is 8.53. The van der Waals surface area contributed by atoms with Crippen LogP contribution in [-0.4, -0.2) is 37.0 Å². The van der Waals surface area contributed by atoms with Gasteiger partial charge in [0.25, 0.3) is 0 Å². The number of likely N-dealkylation sites (tertiary alicyclic amines) is 1. The highest BCUT2D eigenvalue weighted by atomic mass is 16.5. The van der Waals surface area contributed by atoms with Crippen LogP contribution in [0.3, 0.4) is 0 Å². The summed E-state index contributed by atoms with van der Waals surface area (Å²) in [5.74, 6) is 1.08. The number of hydrogen-bond acceptors (Lipinski definition) is 2. The van der Waals surface area contributed by atoms with Gasteiger partial charge in [-0.05, 0) is 0 Å². The Morgan fingerprint density at radius 2 is 2.09 bits per heavy atom. The molecule has 0 bridgehead atoms. The molecule has 1 saturated heterocycles. The molecule has 1 aliphatic rings. The minimum atomic E-state index is 0.341. The molecule has 3 heteroatoms. The molecular formula is C8H16N2O. The maximum Gasteiger partial charge on any atom is 0.0985 e. The molecule has 11 heavy (non-hydrogen) atoms. The van der Waals surface area contributed by atoms with Gasteiger partial charge in [-0.25, -0.2) is 0 Å². The van der Waals surface area contributed by atoms with E-state index in [4.69, 9.17) is 10.1 Å². The Kier molecular flexibility index (Phi) is 2.49. The number of amidine groups is 1. The molecule has 0 aromatic rings. The molecule has 3 nitrogen and oxygen atoms in total. The summed E-state index contributed by atoms with van der Waals surface area (Å²) in [6.07, 6.45) is 0.356. The molecule has 1 heterocycles. The molecule has 64 valence electrons. The molecule has 0 radical (unpaired) electrons. The van der Waals surface area contributed by atoms with Crippen molar-refractivity contribution in [3.8, 4) is 0 Å². The molecule has 0 aromatic heterocycles. The summed E-state index contributed by atoms with van der Waals surface area (Å²) in [6.45, 7) is 5.88. The summed E-state index contributed by atoms with van der Waals surface area (Å²) >= 11 is 0. The summed E-state index contributed by atoms with van der Waals surface area (Å²) in [5, 5.41) is 7.64. The van der Waals surface area contributed by atoms with E-state index in [2.05, 4.69) is 4.90 Å². The van der Waals surface area contributed by atoms with E-state index in [0.717, 1.165) is 18.9 Å². The predicted molar refractivity (Wildman–Crippen MR) is 44.9 cm³/mol. The van der Waals surface area contributed by atoms with Crippen molar-refractivity contribution in [3.05, 3.63) is 0 Å². The Labute approximate surface area is 67.8 Å². The zero-order valence-corrected chi connectivity index (χ0v) is 7.42. The molecule has 0 spiro atoms. The highest BCUT2D eigenvalue weighted by Gasteiger charge is 2.28. The van der Waals surface area contributed by atoms with Crippen LogP contribution in [-0.2, 0) is 4.74 Å². The number of nitrogens with one attached hydrogen (secondary N) is 1. The molecule has 0 aromatic carbocycles. The van der Waals surface area contributed by atoms with Crippen molar-refractivity contribution in [2.45, 2.75) is 20.0 Å². The summed E-state index contributed by atoms with van der Waals surface area (Å²) in [4.78, 5) is 2.05. The molecule has 1 aliphatic heterocycles. The van der Waals surface area contributed by atoms with Gasteiger partial charge in [0, 0.05) is 26.1 Å². The van der Waals surface area contributed by atoms with E-state index < -0.39 is 0 Å². The fourth-order valence-corrected chi connectivity index (χ4v) is 1.15. The molecule has 0 unspecified atom stereocenters. The van der Waals surface area contributed by atoms with E-state index in [1.165, 1.54) is 0 Å². The van der Waals surface area contributed by atoms with E-state index in [0.29, 0.717) is 12.0 Å². The van der Waals surface area contributed by atoms with Gasteiger partial charge in [0.1, 0.15) is 0 Å². The van der Waals surface area contributed by atoms with Gasteiger partial charge in [0.2, 0.25) is 0 Å². The monoisotopic (exact) mass is 156 g/mol. The summed E-state index contributed by atoms with van der Waals surface area (Å²) in [7, 11) is 1.72. The van der Waals surface area contributed by atoms with Crippen LogP contribution < -0.4 is 0 Å². The van der Waals surface area contributed by atoms with Crippen molar-refractivity contribution in [2.24, 2.45) is 5.92 Å². The average molecular weight is 156 g/mol. The number of methoxy groups -OCH3 is 1. The fraction of sp³-hybridized carbons (Fsp3) is 0.875. The van der Waals surface area contributed by atoms with Gasteiger partial charge in [-0.2, -0.15) is 0 Å². The summed E-state index contributed by atoms with van der Waals surface area (Å²) < 4.78 is 5.11. The second-order valence-corrected chi connectivity index (χ2v) is 3.30. The Balaban J connectivity index is 2.27. The SMILES string of the molecule is COC1CN(C(=N)C(C)C)C1. The lowest BCUT2D eigenvalue weighted by molar-refractivity contribution is 0.00346. The third-order valence-electron chi connectivity index (χ3n) is 2.07. The van der Waals surface area contributed by atoms with Crippen molar-refractivity contribution in [1.82, 2.24) is 4.90 Å². The number of ether oxygens (including phenoxy) is 1. The highest BCUT2D eigenvalue weighted by Crippen LogP contribution is 2.14. The summed E-state index contributed by atoms with van der Waals surface area (Å²) in [5.41, 5.74) is 0. The summed E-state index contributed by atoms with van der Waals surface area (Å²) in [6, 6.07) is 0. The fourth-order valence-electron chi connectivity index (χ4n) is 1.15. The zero-order chi connectivity index (χ0) is 8.43. The van der Waals surface area contributed by atoms with Crippen molar-refractivity contribution < 1.29 is 4.74 Å². The third kappa shape index (κ3) is 1.71. The van der Waals surface area contributed by atoms with Gasteiger partial charge in [-0.15, -0.1) is 0 Å². The molecule has 0 atom stereocenters. The number of nitrogens with zero attached hydrogens (tertiary/aromatic N) is 1. The molecule has 0 amide bonds. The van der Waals surface area contributed by atoms with Crippen LogP contribution in [0.5, 0.6) is 0 Å². The maximum absolute atomic E-state index is 7.64.